The molecule has 5 nitrogen and oxygen atoms in total. The van der Waals surface area contributed by atoms with Gasteiger partial charge in [-0.25, -0.2) is 0 Å². The van der Waals surface area contributed by atoms with Gasteiger partial charge < -0.3 is 14.8 Å². The van der Waals surface area contributed by atoms with Crippen molar-refractivity contribution in [3.05, 3.63) is 0 Å². The second-order valence-corrected chi connectivity index (χ2v) is 6.13. The zero-order valence-electron chi connectivity index (χ0n) is 12.9. The van der Waals surface area contributed by atoms with Gasteiger partial charge in [0.25, 0.3) is 0 Å². The van der Waals surface area contributed by atoms with Crippen molar-refractivity contribution in [1.29, 1.82) is 0 Å². The monoisotopic (exact) mass is 284 g/mol. The molecule has 1 N–H and O–H groups in total. The highest BCUT2D eigenvalue weighted by molar-refractivity contribution is 5.75. The third-order valence-corrected chi connectivity index (χ3v) is 4.32. The van der Waals surface area contributed by atoms with E-state index in [2.05, 4.69) is 24.1 Å². The van der Waals surface area contributed by atoms with Crippen molar-refractivity contribution in [2.75, 3.05) is 26.8 Å². The quantitative estimate of drug-likeness (QED) is 0.742. The van der Waals surface area contributed by atoms with Gasteiger partial charge in [0.1, 0.15) is 6.04 Å². The van der Waals surface area contributed by atoms with Gasteiger partial charge in [-0.2, -0.15) is 0 Å². The van der Waals surface area contributed by atoms with Gasteiger partial charge in [-0.3, -0.25) is 9.69 Å². The van der Waals surface area contributed by atoms with E-state index in [0.29, 0.717) is 12.1 Å². The van der Waals surface area contributed by atoms with E-state index in [9.17, 15) is 4.79 Å². The van der Waals surface area contributed by atoms with Crippen molar-refractivity contribution in [2.24, 2.45) is 0 Å². The van der Waals surface area contributed by atoms with Crippen LogP contribution in [0.15, 0.2) is 0 Å². The fourth-order valence-corrected chi connectivity index (χ4v) is 3.39. The van der Waals surface area contributed by atoms with Crippen molar-refractivity contribution < 1.29 is 14.3 Å². The molecule has 116 valence electrons. The topological polar surface area (TPSA) is 50.8 Å². The number of carbonyl (C=O) groups is 1. The van der Waals surface area contributed by atoms with Crippen LogP contribution in [0.1, 0.15) is 39.5 Å². The smallest absolute Gasteiger partial charge is 0.322 e. The zero-order chi connectivity index (χ0) is 14.5. The predicted molar refractivity (Wildman–Crippen MR) is 77.6 cm³/mol. The van der Waals surface area contributed by atoms with E-state index in [-0.39, 0.29) is 18.1 Å². The van der Waals surface area contributed by atoms with Gasteiger partial charge in [-0.15, -0.1) is 0 Å². The van der Waals surface area contributed by atoms with E-state index in [0.717, 1.165) is 26.1 Å². The Bertz CT molecular complexity index is 322. The van der Waals surface area contributed by atoms with E-state index in [4.69, 9.17) is 9.47 Å². The van der Waals surface area contributed by atoms with Crippen LogP contribution in [0.3, 0.4) is 0 Å². The van der Waals surface area contributed by atoms with Gasteiger partial charge in [-0.1, -0.05) is 13.8 Å². The Morgan fingerprint density at radius 2 is 2.25 bits per heavy atom. The minimum Gasteiger partial charge on any atom is -0.468 e. The molecule has 2 fully saturated rings. The van der Waals surface area contributed by atoms with Crippen molar-refractivity contribution in [2.45, 2.75) is 63.8 Å². The van der Waals surface area contributed by atoms with Crippen LogP contribution in [0.2, 0.25) is 0 Å². The molecule has 0 amide bonds. The number of nitrogens with one attached hydrogen (secondary N) is 1. The second kappa shape index (κ2) is 7.38. The van der Waals surface area contributed by atoms with Crippen LogP contribution in [-0.4, -0.2) is 61.9 Å². The summed E-state index contributed by atoms with van der Waals surface area (Å²) in [5, 5.41) is 3.30. The molecule has 1 heterocycles. The number of hydrogen-bond donors (Lipinski definition) is 1. The summed E-state index contributed by atoms with van der Waals surface area (Å²) in [6.45, 7) is 6.85. The molecule has 0 spiro atoms. The van der Waals surface area contributed by atoms with Crippen LogP contribution >= 0.6 is 0 Å². The molecule has 1 saturated carbocycles. The minimum absolute atomic E-state index is 0.157. The number of rotatable bonds is 6. The van der Waals surface area contributed by atoms with Crippen LogP contribution in [0.25, 0.3) is 0 Å². The van der Waals surface area contributed by atoms with Crippen molar-refractivity contribution in [3.63, 3.8) is 0 Å². The lowest BCUT2D eigenvalue weighted by Crippen LogP contribution is -2.51. The highest BCUT2D eigenvalue weighted by atomic mass is 16.5. The summed E-state index contributed by atoms with van der Waals surface area (Å²) in [6.07, 6.45) is 4.89. The van der Waals surface area contributed by atoms with Gasteiger partial charge in [0, 0.05) is 25.2 Å². The maximum atomic E-state index is 11.8. The molecule has 20 heavy (non-hydrogen) atoms. The van der Waals surface area contributed by atoms with Crippen LogP contribution in [-0.2, 0) is 14.3 Å². The molecule has 2 aliphatic rings. The molecule has 3 unspecified atom stereocenters. The first kappa shape index (κ1) is 15.7. The molecule has 3 atom stereocenters. The van der Waals surface area contributed by atoms with E-state index in [1.807, 2.05) is 0 Å². The van der Waals surface area contributed by atoms with Gasteiger partial charge in [-0.05, 0) is 25.7 Å². The Morgan fingerprint density at radius 1 is 1.45 bits per heavy atom. The Morgan fingerprint density at radius 3 is 2.95 bits per heavy atom. The van der Waals surface area contributed by atoms with Gasteiger partial charge in [0.2, 0.25) is 0 Å². The van der Waals surface area contributed by atoms with E-state index < -0.39 is 0 Å². The number of morpholine rings is 1. The number of ether oxygens (including phenoxy) is 2. The Kier molecular flexibility index (Phi) is 5.81. The second-order valence-electron chi connectivity index (χ2n) is 6.13. The third kappa shape index (κ3) is 3.93. The first-order chi connectivity index (χ1) is 9.61. The minimum atomic E-state index is -0.206. The molecule has 0 aromatic rings. The maximum absolute atomic E-state index is 11.8. The molecule has 2 rings (SSSR count). The summed E-state index contributed by atoms with van der Waals surface area (Å²) in [5.74, 6) is -0.157. The van der Waals surface area contributed by atoms with Gasteiger partial charge in [0.05, 0.1) is 19.8 Å². The van der Waals surface area contributed by atoms with Crippen LogP contribution in [0.5, 0.6) is 0 Å². The van der Waals surface area contributed by atoms with Crippen LogP contribution in [0, 0.1) is 0 Å². The van der Waals surface area contributed by atoms with Crippen molar-refractivity contribution in [3.8, 4) is 0 Å². The van der Waals surface area contributed by atoms with E-state index in [1.54, 1.807) is 0 Å². The molecule has 0 aromatic carbocycles. The zero-order valence-corrected chi connectivity index (χ0v) is 12.9. The average Bonchev–Trinajstić information content (AvgIpc) is 2.91. The molecular weight excluding hydrogens is 256 g/mol. The average molecular weight is 284 g/mol. The summed E-state index contributed by atoms with van der Waals surface area (Å²) in [5.41, 5.74) is 0. The van der Waals surface area contributed by atoms with Crippen LogP contribution in [0.4, 0.5) is 0 Å². The summed E-state index contributed by atoms with van der Waals surface area (Å²) in [6, 6.07) is 0.631. The third-order valence-electron chi connectivity index (χ3n) is 4.32. The Hall–Kier alpha value is -0.650. The molecule has 0 radical (unpaired) electrons. The van der Waals surface area contributed by atoms with Crippen LogP contribution < -0.4 is 5.32 Å². The first-order valence-electron chi connectivity index (χ1n) is 7.81. The van der Waals surface area contributed by atoms with E-state index >= 15 is 0 Å². The lowest BCUT2D eigenvalue weighted by Gasteiger charge is -2.38. The number of methoxy groups -OCH3 is 1. The summed E-state index contributed by atoms with van der Waals surface area (Å²) in [7, 11) is 1.46. The molecule has 1 aliphatic heterocycles. The van der Waals surface area contributed by atoms with Crippen molar-refractivity contribution in [1.82, 2.24) is 10.2 Å². The summed E-state index contributed by atoms with van der Waals surface area (Å²) < 4.78 is 10.7. The first-order valence-corrected chi connectivity index (χ1v) is 7.81. The predicted octanol–water partition coefficient (Wildman–Crippen LogP) is 1.17. The highest BCUT2D eigenvalue weighted by Crippen LogP contribution is 2.29. The number of hydrogen-bond acceptors (Lipinski definition) is 5. The number of carbonyl (C=O) groups excluding carboxylic acids is 1. The number of nitrogens with zero attached hydrogens (tertiary/aromatic N) is 1. The fraction of sp³-hybridized carbons (Fsp3) is 0.933. The molecule has 1 saturated heterocycles. The van der Waals surface area contributed by atoms with Gasteiger partial charge >= 0.3 is 5.97 Å². The van der Waals surface area contributed by atoms with Gasteiger partial charge in [0.15, 0.2) is 0 Å². The van der Waals surface area contributed by atoms with E-state index in [1.165, 1.54) is 26.4 Å². The number of esters is 1. The maximum Gasteiger partial charge on any atom is 0.322 e. The fourth-order valence-electron chi connectivity index (χ4n) is 3.39. The lowest BCUT2D eigenvalue weighted by atomic mass is 10.1. The largest absolute Gasteiger partial charge is 0.468 e. The summed E-state index contributed by atoms with van der Waals surface area (Å²) in [4.78, 5) is 14.3. The summed E-state index contributed by atoms with van der Waals surface area (Å²) >= 11 is 0. The van der Waals surface area contributed by atoms with Crippen molar-refractivity contribution >= 4 is 5.97 Å². The Balaban J connectivity index is 1.86. The number of fused-ring (bicyclic) bond motifs is 1. The normalized spacial score (nSPS) is 28.4. The standard InChI is InChI=1S/C15H28N2O3/c1-11(2)16-12(15(18)19-3)7-8-17-9-10-20-14-6-4-5-13(14)17/h11-14,16H,4-10H2,1-3H3. The Labute approximate surface area is 122 Å². The SMILES string of the molecule is COC(=O)C(CCN1CCOC2CCCC21)NC(C)C. The lowest BCUT2D eigenvalue weighted by molar-refractivity contribution is -0.143. The molecule has 0 aromatic heterocycles. The molecule has 1 aliphatic carbocycles. The molecule has 0 bridgehead atoms. The highest BCUT2D eigenvalue weighted by Gasteiger charge is 2.36. The molecular formula is C15H28N2O3. The molecule has 5 heteroatoms.